The Morgan fingerprint density at radius 3 is 2.60 bits per heavy atom. The van der Waals surface area contributed by atoms with E-state index in [0.29, 0.717) is 11.8 Å². The van der Waals surface area contributed by atoms with Gasteiger partial charge in [-0.3, -0.25) is 4.90 Å². The molecule has 1 aromatic rings. The lowest BCUT2D eigenvalue weighted by Crippen LogP contribution is -2.28. The van der Waals surface area contributed by atoms with Gasteiger partial charge in [0.2, 0.25) is 0 Å². The molecule has 1 unspecified atom stereocenters. The molecule has 0 aromatic heterocycles. The first-order valence-electron chi connectivity index (χ1n) is 5.62. The molecule has 0 aliphatic rings. The minimum Gasteiger partial charge on any atom is -0.508 e. The van der Waals surface area contributed by atoms with Gasteiger partial charge in [0.15, 0.2) is 0 Å². The normalized spacial score (nSPS) is 13.1. The molecule has 1 rings (SSSR count). The minimum absolute atomic E-state index is 0.396. The molecule has 0 aliphatic carbocycles. The molecular weight excluding hydrogens is 186 g/mol. The van der Waals surface area contributed by atoms with Crippen LogP contribution in [0.4, 0.5) is 0 Å². The van der Waals surface area contributed by atoms with Crippen molar-refractivity contribution in [2.24, 2.45) is 0 Å². The Kier molecular flexibility index (Phi) is 4.63. The van der Waals surface area contributed by atoms with Crippen LogP contribution in [0, 0.1) is 0 Å². The summed E-state index contributed by atoms with van der Waals surface area (Å²) in [7, 11) is 2.10. The number of para-hydroxylation sites is 1. The fraction of sp³-hybridized carbons (Fsp3) is 0.538. The van der Waals surface area contributed by atoms with E-state index in [-0.39, 0.29) is 0 Å². The lowest BCUT2D eigenvalue weighted by Gasteiger charge is -2.24. The van der Waals surface area contributed by atoms with Crippen LogP contribution in [-0.4, -0.2) is 23.1 Å². The highest BCUT2D eigenvalue weighted by Crippen LogP contribution is 2.18. The maximum atomic E-state index is 9.64. The SMILES string of the molecule is CCCC(C)N(C)Cc1ccccc1O. The second kappa shape index (κ2) is 5.76. The largest absolute Gasteiger partial charge is 0.508 e. The second-order valence-electron chi connectivity index (χ2n) is 4.18. The number of hydrogen-bond acceptors (Lipinski definition) is 2. The summed E-state index contributed by atoms with van der Waals surface area (Å²) < 4.78 is 0. The summed E-state index contributed by atoms with van der Waals surface area (Å²) in [6.45, 7) is 5.24. The van der Waals surface area contributed by atoms with E-state index in [1.54, 1.807) is 6.07 Å². The molecule has 0 saturated carbocycles. The van der Waals surface area contributed by atoms with Crippen molar-refractivity contribution in [1.82, 2.24) is 4.90 Å². The van der Waals surface area contributed by atoms with Crippen molar-refractivity contribution in [1.29, 1.82) is 0 Å². The summed E-state index contributed by atoms with van der Waals surface area (Å²) in [6.07, 6.45) is 2.40. The summed E-state index contributed by atoms with van der Waals surface area (Å²) in [6, 6.07) is 8.11. The topological polar surface area (TPSA) is 23.5 Å². The summed E-state index contributed by atoms with van der Waals surface area (Å²) in [5.74, 6) is 0.396. The Hall–Kier alpha value is -1.02. The highest BCUT2D eigenvalue weighted by Gasteiger charge is 2.10. The summed E-state index contributed by atoms with van der Waals surface area (Å²) in [5.41, 5.74) is 1.00. The zero-order valence-corrected chi connectivity index (χ0v) is 9.90. The van der Waals surface area contributed by atoms with Crippen LogP contribution >= 0.6 is 0 Å². The molecule has 1 aromatic carbocycles. The molecule has 0 aliphatic heterocycles. The third kappa shape index (κ3) is 3.56. The molecule has 1 N–H and O–H groups in total. The van der Waals surface area contributed by atoms with Crippen LogP contribution in [0.5, 0.6) is 5.75 Å². The quantitative estimate of drug-likeness (QED) is 0.802. The van der Waals surface area contributed by atoms with E-state index in [9.17, 15) is 5.11 Å². The minimum atomic E-state index is 0.396. The van der Waals surface area contributed by atoms with Crippen molar-refractivity contribution in [3.63, 3.8) is 0 Å². The van der Waals surface area contributed by atoms with Gasteiger partial charge < -0.3 is 5.11 Å². The molecule has 0 saturated heterocycles. The number of phenolic OH excluding ortho intramolecular Hbond substituents is 1. The van der Waals surface area contributed by atoms with Crippen LogP contribution in [0.25, 0.3) is 0 Å². The Morgan fingerprint density at radius 2 is 2.00 bits per heavy atom. The van der Waals surface area contributed by atoms with Gasteiger partial charge in [0.1, 0.15) is 5.75 Å². The first kappa shape index (κ1) is 12.1. The molecule has 0 fully saturated rings. The molecule has 2 nitrogen and oxygen atoms in total. The van der Waals surface area contributed by atoms with Gasteiger partial charge in [-0.15, -0.1) is 0 Å². The number of nitrogens with zero attached hydrogens (tertiary/aromatic N) is 1. The molecule has 0 spiro atoms. The smallest absolute Gasteiger partial charge is 0.120 e. The predicted octanol–water partition coefficient (Wildman–Crippen LogP) is 3.01. The zero-order valence-electron chi connectivity index (χ0n) is 9.90. The van der Waals surface area contributed by atoms with Gasteiger partial charge in [-0.1, -0.05) is 31.5 Å². The third-order valence-electron chi connectivity index (χ3n) is 2.87. The Balaban J connectivity index is 2.58. The van der Waals surface area contributed by atoms with E-state index in [1.165, 1.54) is 12.8 Å². The van der Waals surface area contributed by atoms with Crippen LogP contribution in [0.1, 0.15) is 32.3 Å². The number of rotatable bonds is 5. The van der Waals surface area contributed by atoms with Crippen LogP contribution in [0.15, 0.2) is 24.3 Å². The first-order chi connectivity index (χ1) is 7.15. The van der Waals surface area contributed by atoms with Gasteiger partial charge in [0.25, 0.3) is 0 Å². The molecular formula is C13H21NO. The van der Waals surface area contributed by atoms with Gasteiger partial charge in [0, 0.05) is 18.2 Å². The number of benzene rings is 1. The molecule has 0 radical (unpaired) electrons. The molecule has 1 atom stereocenters. The number of aromatic hydroxyl groups is 1. The van der Waals surface area contributed by atoms with Crippen molar-refractivity contribution >= 4 is 0 Å². The molecule has 0 bridgehead atoms. The van der Waals surface area contributed by atoms with E-state index in [4.69, 9.17) is 0 Å². The maximum Gasteiger partial charge on any atom is 0.120 e. The van der Waals surface area contributed by atoms with Crippen molar-refractivity contribution in [2.45, 2.75) is 39.3 Å². The van der Waals surface area contributed by atoms with Crippen molar-refractivity contribution < 1.29 is 5.11 Å². The molecule has 15 heavy (non-hydrogen) atoms. The number of phenols is 1. The number of hydrogen-bond donors (Lipinski definition) is 1. The molecule has 84 valence electrons. The summed E-state index contributed by atoms with van der Waals surface area (Å²) in [4.78, 5) is 2.28. The van der Waals surface area contributed by atoms with Gasteiger partial charge >= 0.3 is 0 Å². The molecule has 2 heteroatoms. The van der Waals surface area contributed by atoms with Gasteiger partial charge in [-0.25, -0.2) is 0 Å². The van der Waals surface area contributed by atoms with Crippen LogP contribution < -0.4 is 0 Å². The van der Waals surface area contributed by atoms with Gasteiger partial charge in [-0.2, -0.15) is 0 Å². The Labute approximate surface area is 92.5 Å². The Bertz CT molecular complexity index is 298. The first-order valence-corrected chi connectivity index (χ1v) is 5.62. The second-order valence-corrected chi connectivity index (χ2v) is 4.18. The average molecular weight is 207 g/mol. The maximum absolute atomic E-state index is 9.64. The average Bonchev–Trinajstić information content (AvgIpc) is 2.21. The fourth-order valence-corrected chi connectivity index (χ4v) is 1.71. The third-order valence-corrected chi connectivity index (χ3v) is 2.87. The predicted molar refractivity (Wildman–Crippen MR) is 63.9 cm³/mol. The summed E-state index contributed by atoms with van der Waals surface area (Å²) >= 11 is 0. The standard InChI is InChI=1S/C13H21NO/c1-4-7-11(2)14(3)10-12-8-5-6-9-13(12)15/h5-6,8-9,11,15H,4,7,10H2,1-3H3. The van der Waals surface area contributed by atoms with Crippen molar-refractivity contribution in [3.05, 3.63) is 29.8 Å². The van der Waals surface area contributed by atoms with Crippen molar-refractivity contribution in [2.75, 3.05) is 7.05 Å². The van der Waals surface area contributed by atoms with E-state index in [1.807, 2.05) is 18.2 Å². The zero-order chi connectivity index (χ0) is 11.3. The van der Waals surface area contributed by atoms with E-state index in [0.717, 1.165) is 12.1 Å². The molecule has 0 heterocycles. The molecule has 0 amide bonds. The van der Waals surface area contributed by atoms with Gasteiger partial charge in [-0.05, 0) is 26.5 Å². The highest BCUT2D eigenvalue weighted by molar-refractivity contribution is 5.31. The van der Waals surface area contributed by atoms with Crippen LogP contribution in [0.3, 0.4) is 0 Å². The van der Waals surface area contributed by atoms with E-state index < -0.39 is 0 Å². The lowest BCUT2D eigenvalue weighted by molar-refractivity contribution is 0.234. The van der Waals surface area contributed by atoms with E-state index in [2.05, 4.69) is 25.8 Å². The van der Waals surface area contributed by atoms with Gasteiger partial charge in [0.05, 0.1) is 0 Å². The lowest BCUT2D eigenvalue weighted by atomic mass is 10.1. The Morgan fingerprint density at radius 1 is 1.33 bits per heavy atom. The monoisotopic (exact) mass is 207 g/mol. The van der Waals surface area contributed by atoms with E-state index >= 15 is 0 Å². The van der Waals surface area contributed by atoms with Crippen LogP contribution in [-0.2, 0) is 6.54 Å². The van der Waals surface area contributed by atoms with Crippen LogP contribution in [0.2, 0.25) is 0 Å². The van der Waals surface area contributed by atoms with Crippen molar-refractivity contribution in [3.8, 4) is 5.75 Å². The summed E-state index contributed by atoms with van der Waals surface area (Å²) in [5, 5.41) is 9.64. The highest BCUT2D eigenvalue weighted by atomic mass is 16.3. The fourth-order valence-electron chi connectivity index (χ4n) is 1.71.